The van der Waals surface area contributed by atoms with E-state index in [1.165, 1.54) is 24.1 Å². The Hall–Kier alpha value is -2.70. The second kappa shape index (κ2) is 9.27. The van der Waals surface area contributed by atoms with Crippen molar-refractivity contribution in [3.05, 3.63) is 71.8 Å². The first-order chi connectivity index (χ1) is 16.0. The van der Waals surface area contributed by atoms with Crippen LogP contribution < -0.4 is 10.1 Å². The highest BCUT2D eigenvalue weighted by Crippen LogP contribution is 2.42. The van der Waals surface area contributed by atoms with Gasteiger partial charge in [-0.15, -0.1) is 0 Å². The van der Waals surface area contributed by atoms with Gasteiger partial charge in [-0.05, 0) is 67.5 Å². The van der Waals surface area contributed by atoms with Gasteiger partial charge in [0, 0.05) is 49.2 Å². The topological polar surface area (TPSA) is 55.2 Å². The Labute approximate surface area is 197 Å². The van der Waals surface area contributed by atoms with Crippen LogP contribution in [0.4, 0.5) is 0 Å². The largest absolute Gasteiger partial charge is 0.497 e. The molecule has 0 bridgehead atoms. The smallest absolute Gasteiger partial charge is 0.119 e. The highest BCUT2D eigenvalue weighted by atomic mass is 16.5. The van der Waals surface area contributed by atoms with Crippen LogP contribution in [-0.4, -0.2) is 45.9 Å². The molecule has 6 nitrogen and oxygen atoms in total. The number of nitrogens with one attached hydrogen (secondary N) is 1. The van der Waals surface area contributed by atoms with Crippen molar-refractivity contribution in [2.24, 2.45) is 5.41 Å². The van der Waals surface area contributed by atoms with E-state index in [9.17, 15) is 0 Å². The number of nitrogens with zero attached hydrogens (tertiary/aromatic N) is 4. The first-order valence-corrected chi connectivity index (χ1v) is 12.1. The number of ether oxygens (including phenoxy) is 1. The zero-order valence-electron chi connectivity index (χ0n) is 20.0. The quantitative estimate of drug-likeness (QED) is 0.604. The average Bonchev–Trinajstić information content (AvgIpc) is 3.24. The molecule has 1 aliphatic carbocycles. The molecule has 1 aromatic carbocycles. The lowest BCUT2D eigenvalue weighted by Gasteiger charge is -2.40. The minimum Gasteiger partial charge on any atom is -0.497 e. The number of aromatic nitrogens is 3. The van der Waals surface area contributed by atoms with Crippen molar-refractivity contribution in [1.82, 2.24) is 25.0 Å². The van der Waals surface area contributed by atoms with Gasteiger partial charge in [-0.1, -0.05) is 19.9 Å². The Bertz CT molecular complexity index is 1050. The fourth-order valence-corrected chi connectivity index (χ4v) is 5.40. The maximum atomic E-state index is 5.33. The third-order valence-electron chi connectivity index (χ3n) is 7.13. The van der Waals surface area contributed by atoms with Gasteiger partial charge < -0.3 is 10.1 Å². The van der Waals surface area contributed by atoms with Gasteiger partial charge in [0.05, 0.1) is 24.7 Å². The van der Waals surface area contributed by atoms with Crippen molar-refractivity contribution in [3.63, 3.8) is 0 Å². The van der Waals surface area contributed by atoms with Gasteiger partial charge in [-0.25, -0.2) is 4.68 Å². The zero-order valence-corrected chi connectivity index (χ0v) is 20.0. The van der Waals surface area contributed by atoms with Gasteiger partial charge in [0.15, 0.2) is 0 Å². The molecule has 0 radical (unpaired) electrons. The second-order valence-electron chi connectivity index (χ2n) is 10.3. The Kier molecular flexibility index (Phi) is 6.21. The lowest BCUT2D eigenvalue weighted by molar-refractivity contribution is 0.167. The average molecular weight is 446 g/mol. The number of fused-ring (bicyclic) bond motifs is 1. The molecule has 3 aromatic rings. The third kappa shape index (κ3) is 4.97. The first kappa shape index (κ1) is 22.1. The maximum absolute atomic E-state index is 5.33. The molecular formula is C27H35N5O. The first-order valence-electron chi connectivity index (χ1n) is 12.1. The molecule has 174 valence electrons. The molecule has 0 saturated carbocycles. The van der Waals surface area contributed by atoms with Crippen molar-refractivity contribution >= 4 is 0 Å². The van der Waals surface area contributed by atoms with E-state index in [-0.39, 0.29) is 5.41 Å². The zero-order chi connectivity index (χ0) is 22.8. The number of hydrogen-bond acceptors (Lipinski definition) is 5. The van der Waals surface area contributed by atoms with E-state index in [1.807, 2.05) is 24.4 Å². The van der Waals surface area contributed by atoms with E-state index in [0.717, 1.165) is 49.6 Å². The van der Waals surface area contributed by atoms with Crippen LogP contribution in [0.15, 0.2) is 54.9 Å². The van der Waals surface area contributed by atoms with Crippen LogP contribution in [0.1, 0.15) is 56.1 Å². The van der Waals surface area contributed by atoms with Gasteiger partial charge >= 0.3 is 0 Å². The number of piperidine rings is 1. The molecule has 3 heterocycles. The minimum absolute atomic E-state index is 0.231. The van der Waals surface area contributed by atoms with Crippen molar-refractivity contribution in [2.75, 3.05) is 20.2 Å². The van der Waals surface area contributed by atoms with Gasteiger partial charge in [0.1, 0.15) is 5.75 Å². The molecule has 1 fully saturated rings. The molecule has 1 aliphatic heterocycles. The van der Waals surface area contributed by atoms with E-state index in [2.05, 4.69) is 64.2 Å². The van der Waals surface area contributed by atoms with Crippen molar-refractivity contribution in [3.8, 4) is 11.4 Å². The van der Waals surface area contributed by atoms with Gasteiger partial charge in [0.25, 0.3) is 0 Å². The van der Waals surface area contributed by atoms with Crippen molar-refractivity contribution in [2.45, 2.75) is 58.2 Å². The second-order valence-corrected chi connectivity index (χ2v) is 10.3. The molecule has 1 atom stereocenters. The molecule has 0 unspecified atom stereocenters. The lowest BCUT2D eigenvalue weighted by atomic mass is 9.74. The lowest BCUT2D eigenvalue weighted by Crippen LogP contribution is -2.45. The molecule has 6 heteroatoms. The summed E-state index contributed by atoms with van der Waals surface area (Å²) in [5, 5.41) is 8.83. The van der Waals surface area contributed by atoms with Crippen LogP contribution in [0.2, 0.25) is 0 Å². The number of methoxy groups -OCH3 is 1. The summed E-state index contributed by atoms with van der Waals surface area (Å²) in [6, 6.07) is 15.3. The molecule has 0 amide bonds. The normalized spacial score (nSPS) is 21.0. The van der Waals surface area contributed by atoms with E-state index < -0.39 is 0 Å². The fraction of sp³-hybridized carbons (Fsp3) is 0.481. The number of likely N-dealkylation sites (tertiary alicyclic amines) is 1. The summed E-state index contributed by atoms with van der Waals surface area (Å²) in [6.45, 7) is 7.93. The van der Waals surface area contributed by atoms with Crippen LogP contribution in [-0.2, 0) is 13.0 Å². The Morgan fingerprint density at radius 3 is 2.58 bits per heavy atom. The number of hydrogen-bond donors (Lipinski definition) is 1. The van der Waals surface area contributed by atoms with Gasteiger partial charge in [0.2, 0.25) is 0 Å². The Morgan fingerprint density at radius 2 is 1.88 bits per heavy atom. The summed E-state index contributed by atoms with van der Waals surface area (Å²) in [4.78, 5) is 7.02. The van der Waals surface area contributed by atoms with Gasteiger partial charge in [-0.2, -0.15) is 5.10 Å². The summed E-state index contributed by atoms with van der Waals surface area (Å²) < 4.78 is 7.45. The molecule has 0 spiro atoms. The van der Waals surface area contributed by atoms with Crippen LogP contribution in [0.3, 0.4) is 0 Å². The molecule has 33 heavy (non-hydrogen) atoms. The molecule has 1 saturated heterocycles. The summed E-state index contributed by atoms with van der Waals surface area (Å²) in [7, 11) is 1.70. The van der Waals surface area contributed by atoms with Crippen LogP contribution in [0.5, 0.6) is 5.75 Å². The number of pyridine rings is 1. The van der Waals surface area contributed by atoms with Crippen LogP contribution in [0.25, 0.3) is 5.69 Å². The highest BCUT2D eigenvalue weighted by Gasteiger charge is 2.36. The van der Waals surface area contributed by atoms with Crippen LogP contribution >= 0.6 is 0 Å². The summed E-state index contributed by atoms with van der Waals surface area (Å²) in [6.07, 6.45) is 8.50. The predicted octanol–water partition coefficient (Wildman–Crippen LogP) is 4.54. The number of rotatable bonds is 6. The van der Waals surface area contributed by atoms with Crippen LogP contribution in [0, 0.1) is 5.41 Å². The molecule has 5 rings (SSSR count). The SMILES string of the molecule is COc1ccc(-n2ncc3c2CC(C)(C)C[C@@H]3NC2CCN(Cc3ccccn3)CC2)cc1. The highest BCUT2D eigenvalue weighted by molar-refractivity contribution is 5.41. The van der Waals surface area contributed by atoms with Crippen molar-refractivity contribution < 1.29 is 4.74 Å². The summed E-state index contributed by atoms with van der Waals surface area (Å²) in [5.41, 5.74) is 5.18. The van der Waals surface area contributed by atoms with E-state index in [1.54, 1.807) is 7.11 Å². The van der Waals surface area contributed by atoms with E-state index >= 15 is 0 Å². The molecular weight excluding hydrogens is 410 g/mol. The fourth-order valence-electron chi connectivity index (χ4n) is 5.40. The summed E-state index contributed by atoms with van der Waals surface area (Å²) in [5.74, 6) is 0.869. The Balaban J connectivity index is 1.27. The standard InChI is InChI=1S/C27H35N5O/c1-27(2)16-25(30-20-11-14-31(15-12-20)19-21-6-4-5-13-28-21)24-18-29-32(26(24)17-27)22-7-9-23(33-3)10-8-22/h4-10,13,18,20,25,30H,11-12,14-17,19H2,1-3H3/t25-/m0/s1. The van der Waals surface area contributed by atoms with E-state index in [0.29, 0.717) is 12.1 Å². The maximum Gasteiger partial charge on any atom is 0.119 e. The number of benzene rings is 1. The minimum atomic E-state index is 0.231. The molecule has 2 aromatic heterocycles. The Morgan fingerprint density at radius 1 is 1.09 bits per heavy atom. The molecule has 1 N–H and O–H groups in total. The predicted molar refractivity (Wildman–Crippen MR) is 131 cm³/mol. The summed E-state index contributed by atoms with van der Waals surface area (Å²) >= 11 is 0. The van der Waals surface area contributed by atoms with Gasteiger partial charge in [-0.3, -0.25) is 9.88 Å². The van der Waals surface area contributed by atoms with E-state index in [4.69, 9.17) is 9.84 Å². The monoisotopic (exact) mass is 445 g/mol. The molecule has 2 aliphatic rings. The third-order valence-corrected chi connectivity index (χ3v) is 7.13. The van der Waals surface area contributed by atoms with Crippen molar-refractivity contribution in [1.29, 1.82) is 0 Å².